The molecule has 0 aromatic heterocycles. The summed E-state index contributed by atoms with van der Waals surface area (Å²) < 4.78 is 12.1. The zero-order valence-electron chi connectivity index (χ0n) is 17.1. The van der Waals surface area contributed by atoms with Gasteiger partial charge in [0.15, 0.2) is 5.76 Å². The van der Waals surface area contributed by atoms with E-state index in [-0.39, 0.29) is 11.5 Å². The Hall–Kier alpha value is -2.50. The van der Waals surface area contributed by atoms with E-state index < -0.39 is 0 Å². The molecular weight excluding hydrogens is 469 g/mol. The second-order valence-electron chi connectivity index (χ2n) is 7.84. The van der Waals surface area contributed by atoms with Crippen molar-refractivity contribution in [1.82, 2.24) is 4.90 Å². The van der Waals surface area contributed by atoms with Crippen molar-refractivity contribution < 1.29 is 14.3 Å². The van der Waals surface area contributed by atoms with Crippen LogP contribution in [0.25, 0.3) is 6.08 Å². The van der Waals surface area contributed by atoms with Crippen molar-refractivity contribution in [2.24, 2.45) is 0 Å². The summed E-state index contributed by atoms with van der Waals surface area (Å²) in [5.41, 5.74) is 4.00. The second kappa shape index (κ2) is 8.45. The van der Waals surface area contributed by atoms with Crippen molar-refractivity contribution in [3.63, 3.8) is 0 Å². The number of hydrogen-bond donors (Lipinski definition) is 0. The molecule has 0 bridgehead atoms. The number of aryl methyl sites for hydroxylation is 1. The number of halogens is 3. The van der Waals surface area contributed by atoms with E-state index in [1.807, 2.05) is 43.3 Å². The molecule has 2 aliphatic heterocycles. The minimum atomic E-state index is -0.151. The van der Waals surface area contributed by atoms with Crippen LogP contribution in [0.4, 0.5) is 0 Å². The van der Waals surface area contributed by atoms with Crippen molar-refractivity contribution in [1.29, 1.82) is 0 Å². The molecule has 0 unspecified atom stereocenters. The Bertz CT molecular complexity index is 1290. The summed E-state index contributed by atoms with van der Waals surface area (Å²) in [6, 6.07) is 14.8. The molecule has 5 rings (SSSR count). The van der Waals surface area contributed by atoms with E-state index in [0.29, 0.717) is 46.2 Å². The zero-order chi connectivity index (χ0) is 22.4. The number of rotatable bonds is 3. The second-order valence-corrected chi connectivity index (χ2v) is 9.07. The van der Waals surface area contributed by atoms with Gasteiger partial charge < -0.3 is 9.47 Å². The van der Waals surface area contributed by atoms with Gasteiger partial charge in [-0.1, -0.05) is 59.1 Å². The summed E-state index contributed by atoms with van der Waals surface area (Å²) >= 11 is 18.5. The van der Waals surface area contributed by atoms with Crippen molar-refractivity contribution >= 4 is 46.7 Å². The number of fused-ring (bicyclic) bond motifs is 3. The first-order valence-corrected chi connectivity index (χ1v) is 11.2. The molecule has 0 aliphatic carbocycles. The molecule has 0 radical (unpaired) electrons. The SMILES string of the molecule is Cc1cc2c(c3c1C(=O)/C(=C/c1ccccc1Cl)O3)CN(Cc1ccc(Cl)c(Cl)c1)CO2. The molecule has 7 heteroatoms. The Morgan fingerprint density at radius 1 is 1.03 bits per heavy atom. The average molecular weight is 487 g/mol. The van der Waals surface area contributed by atoms with Crippen LogP contribution in [0.5, 0.6) is 11.5 Å². The topological polar surface area (TPSA) is 38.8 Å². The molecule has 32 heavy (non-hydrogen) atoms. The van der Waals surface area contributed by atoms with Crippen LogP contribution in [-0.2, 0) is 13.1 Å². The first-order chi connectivity index (χ1) is 15.4. The lowest BCUT2D eigenvalue weighted by atomic mass is 9.98. The minimum absolute atomic E-state index is 0.151. The van der Waals surface area contributed by atoms with Gasteiger partial charge in [0, 0.05) is 18.1 Å². The van der Waals surface area contributed by atoms with E-state index in [0.717, 1.165) is 28.0 Å². The highest BCUT2D eigenvalue weighted by Gasteiger charge is 2.35. The summed E-state index contributed by atoms with van der Waals surface area (Å²) in [6.45, 7) is 3.51. The van der Waals surface area contributed by atoms with Crippen LogP contribution in [0.2, 0.25) is 15.1 Å². The molecule has 0 spiro atoms. The molecule has 3 aromatic rings. The Morgan fingerprint density at radius 3 is 2.62 bits per heavy atom. The zero-order valence-corrected chi connectivity index (χ0v) is 19.4. The highest BCUT2D eigenvalue weighted by Crippen LogP contribution is 2.44. The summed E-state index contributed by atoms with van der Waals surface area (Å²) in [7, 11) is 0. The van der Waals surface area contributed by atoms with Gasteiger partial charge >= 0.3 is 0 Å². The van der Waals surface area contributed by atoms with Crippen LogP contribution in [0, 0.1) is 6.92 Å². The lowest BCUT2D eigenvalue weighted by Gasteiger charge is -2.30. The first kappa shape index (κ1) is 21.4. The molecule has 0 N–H and O–H groups in total. The van der Waals surface area contributed by atoms with Gasteiger partial charge in [-0.3, -0.25) is 9.69 Å². The molecule has 0 amide bonds. The highest BCUT2D eigenvalue weighted by atomic mass is 35.5. The molecule has 2 heterocycles. The highest BCUT2D eigenvalue weighted by molar-refractivity contribution is 6.42. The summed E-state index contributed by atoms with van der Waals surface area (Å²) in [5, 5.41) is 1.60. The maximum atomic E-state index is 13.1. The smallest absolute Gasteiger partial charge is 0.232 e. The third-order valence-corrected chi connectivity index (χ3v) is 6.65. The quantitative estimate of drug-likeness (QED) is 0.377. The van der Waals surface area contributed by atoms with Crippen LogP contribution in [-0.4, -0.2) is 17.4 Å². The van der Waals surface area contributed by atoms with Crippen molar-refractivity contribution in [2.45, 2.75) is 20.0 Å². The Labute approximate surface area is 200 Å². The van der Waals surface area contributed by atoms with Crippen molar-refractivity contribution in [3.05, 3.63) is 97.2 Å². The van der Waals surface area contributed by atoms with Crippen LogP contribution in [0.3, 0.4) is 0 Å². The molecular formula is C25H18Cl3NO3. The van der Waals surface area contributed by atoms with E-state index >= 15 is 0 Å². The number of hydrogen-bond acceptors (Lipinski definition) is 4. The van der Waals surface area contributed by atoms with Gasteiger partial charge in [0.25, 0.3) is 0 Å². The summed E-state index contributed by atoms with van der Waals surface area (Å²) in [4.78, 5) is 15.3. The van der Waals surface area contributed by atoms with E-state index in [9.17, 15) is 4.79 Å². The lowest BCUT2D eigenvalue weighted by Crippen LogP contribution is -2.31. The van der Waals surface area contributed by atoms with Crippen LogP contribution in [0.15, 0.2) is 54.3 Å². The third kappa shape index (κ3) is 3.89. The molecule has 4 nitrogen and oxygen atoms in total. The van der Waals surface area contributed by atoms with Gasteiger partial charge in [0.05, 0.1) is 21.2 Å². The fourth-order valence-electron chi connectivity index (χ4n) is 4.01. The Kier molecular flexibility index (Phi) is 5.64. The molecule has 0 atom stereocenters. The number of ether oxygens (including phenoxy) is 2. The lowest BCUT2D eigenvalue weighted by molar-refractivity contribution is 0.0872. The van der Waals surface area contributed by atoms with Crippen LogP contribution in [0.1, 0.15) is 32.6 Å². The molecule has 162 valence electrons. The van der Waals surface area contributed by atoms with Gasteiger partial charge in [-0.2, -0.15) is 0 Å². The molecule has 2 aliphatic rings. The van der Waals surface area contributed by atoms with Gasteiger partial charge in [0.2, 0.25) is 5.78 Å². The van der Waals surface area contributed by atoms with Gasteiger partial charge in [-0.15, -0.1) is 0 Å². The van der Waals surface area contributed by atoms with Crippen molar-refractivity contribution in [3.8, 4) is 11.5 Å². The molecule has 3 aromatic carbocycles. The van der Waals surface area contributed by atoms with E-state index in [4.69, 9.17) is 44.3 Å². The van der Waals surface area contributed by atoms with Gasteiger partial charge in [-0.25, -0.2) is 0 Å². The van der Waals surface area contributed by atoms with Crippen molar-refractivity contribution in [2.75, 3.05) is 6.73 Å². The fraction of sp³-hybridized carbons (Fsp3) is 0.160. The van der Waals surface area contributed by atoms with Crippen LogP contribution >= 0.6 is 34.8 Å². The number of ketones is 1. The predicted molar refractivity (Wildman–Crippen MR) is 127 cm³/mol. The predicted octanol–water partition coefficient (Wildman–Crippen LogP) is 6.92. The Morgan fingerprint density at radius 2 is 1.84 bits per heavy atom. The van der Waals surface area contributed by atoms with Gasteiger partial charge in [-0.05, 0) is 54.0 Å². The normalized spacial score (nSPS) is 16.5. The average Bonchev–Trinajstić information content (AvgIpc) is 3.10. The molecule has 0 fully saturated rings. The third-order valence-electron chi connectivity index (χ3n) is 5.57. The fourth-order valence-corrected chi connectivity index (χ4v) is 4.52. The molecule has 0 saturated carbocycles. The van der Waals surface area contributed by atoms with E-state index in [1.165, 1.54) is 0 Å². The molecule has 0 saturated heterocycles. The standard InChI is InChI=1S/C25H18Cl3NO3/c1-14-8-21-17(12-29(13-31-21)11-15-6-7-19(27)20(28)9-15)25-23(14)24(30)22(32-25)10-16-4-2-3-5-18(16)26/h2-10H,11-13H2,1H3/b22-10-. The largest absolute Gasteiger partial charge is 0.478 e. The minimum Gasteiger partial charge on any atom is -0.478 e. The maximum Gasteiger partial charge on any atom is 0.232 e. The van der Waals surface area contributed by atoms with E-state index in [2.05, 4.69) is 4.90 Å². The first-order valence-electron chi connectivity index (χ1n) is 10.0. The number of nitrogens with zero attached hydrogens (tertiary/aromatic N) is 1. The number of carbonyl (C=O) groups is 1. The summed E-state index contributed by atoms with van der Waals surface area (Å²) in [6.07, 6.45) is 1.69. The summed E-state index contributed by atoms with van der Waals surface area (Å²) in [5.74, 6) is 1.40. The van der Waals surface area contributed by atoms with Crippen LogP contribution < -0.4 is 9.47 Å². The number of Topliss-reactive ketones (excluding diaryl/α,β-unsaturated/α-hetero) is 1. The van der Waals surface area contributed by atoms with E-state index in [1.54, 1.807) is 18.2 Å². The number of allylic oxidation sites excluding steroid dienone is 1. The number of benzene rings is 3. The van der Waals surface area contributed by atoms with Gasteiger partial charge in [0.1, 0.15) is 18.2 Å². The number of carbonyl (C=O) groups excluding carboxylic acids is 1. The Balaban J connectivity index is 1.46. The maximum absolute atomic E-state index is 13.1. The monoisotopic (exact) mass is 485 g/mol.